The number of hydrogen-bond acceptors (Lipinski definition) is 5. The average molecular weight is 214 g/mol. The Morgan fingerprint density at radius 1 is 1.71 bits per heavy atom. The summed E-state index contributed by atoms with van der Waals surface area (Å²) in [5, 5.41) is 3.23. The van der Waals surface area contributed by atoms with Crippen LogP contribution in [0.2, 0.25) is 0 Å². The predicted octanol–water partition coefficient (Wildman–Crippen LogP) is 0.770. The van der Waals surface area contributed by atoms with Gasteiger partial charge >= 0.3 is 0 Å². The van der Waals surface area contributed by atoms with Gasteiger partial charge in [0, 0.05) is 18.0 Å². The number of rotatable bonds is 4. The molecule has 0 saturated heterocycles. The Hall–Kier alpha value is -1.01. The fraction of sp³-hybridized carbons (Fsp3) is 0.625. The van der Waals surface area contributed by atoms with Gasteiger partial charge in [0.1, 0.15) is 5.82 Å². The fourth-order valence-electron chi connectivity index (χ4n) is 0.918. The molecule has 0 radical (unpaired) electrons. The lowest BCUT2D eigenvalue weighted by Crippen LogP contribution is -2.19. The molecule has 1 amide bonds. The number of anilines is 1. The molecule has 0 saturated carbocycles. The number of aromatic nitrogens is 2. The Bertz CT molecular complexity index is 312. The Balaban J connectivity index is 2.41. The second-order valence-electron chi connectivity index (χ2n) is 3.24. The molecule has 1 atom stereocenters. The maximum Gasteiger partial charge on any atom is 0.226 e. The molecule has 0 aromatic carbocycles. The van der Waals surface area contributed by atoms with E-state index >= 15 is 0 Å². The van der Waals surface area contributed by atoms with Crippen LogP contribution in [0, 0.1) is 12.8 Å². The minimum atomic E-state index is -0.0564. The third kappa shape index (κ3) is 3.39. The second kappa shape index (κ2) is 5.02. The summed E-state index contributed by atoms with van der Waals surface area (Å²) in [6.07, 6.45) is 0.426. The Morgan fingerprint density at radius 3 is 2.93 bits per heavy atom. The van der Waals surface area contributed by atoms with Gasteiger partial charge in [-0.15, -0.1) is 0 Å². The van der Waals surface area contributed by atoms with Gasteiger partial charge in [0.05, 0.1) is 0 Å². The van der Waals surface area contributed by atoms with Gasteiger partial charge in [-0.25, -0.2) is 4.98 Å². The van der Waals surface area contributed by atoms with E-state index in [1.54, 1.807) is 6.92 Å². The van der Waals surface area contributed by atoms with Crippen molar-refractivity contribution in [2.45, 2.75) is 20.3 Å². The van der Waals surface area contributed by atoms with Crippen molar-refractivity contribution >= 4 is 22.6 Å². The summed E-state index contributed by atoms with van der Waals surface area (Å²) in [7, 11) is 0. The highest BCUT2D eigenvalue weighted by Crippen LogP contribution is 2.11. The van der Waals surface area contributed by atoms with Crippen molar-refractivity contribution in [3.8, 4) is 0 Å². The Morgan fingerprint density at radius 2 is 2.43 bits per heavy atom. The molecule has 0 fully saturated rings. The number of nitrogens with two attached hydrogens (primary N) is 1. The molecule has 3 N–H and O–H groups in total. The van der Waals surface area contributed by atoms with E-state index in [4.69, 9.17) is 5.73 Å². The summed E-state index contributed by atoms with van der Waals surface area (Å²) >= 11 is 1.19. The summed E-state index contributed by atoms with van der Waals surface area (Å²) in [6.45, 7) is 4.24. The van der Waals surface area contributed by atoms with E-state index in [1.165, 1.54) is 11.5 Å². The van der Waals surface area contributed by atoms with Gasteiger partial charge in [0.15, 0.2) is 0 Å². The third-order valence-corrected chi connectivity index (χ3v) is 2.43. The lowest BCUT2D eigenvalue weighted by molar-refractivity contribution is -0.116. The molecule has 1 heterocycles. The zero-order valence-corrected chi connectivity index (χ0v) is 9.10. The average Bonchev–Trinajstić information content (AvgIpc) is 2.50. The highest BCUT2D eigenvalue weighted by molar-refractivity contribution is 7.09. The molecule has 14 heavy (non-hydrogen) atoms. The fourth-order valence-corrected chi connectivity index (χ4v) is 1.51. The number of carbonyl (C=O) groups is 1. The first kappa shape index (κ1) is 11.1. The number of carbonyl (C=O) groups excluding carboxylic acids is 1. The van der Waals surface area contributed by atoms with E-state index < -0.39 is 0 Å². The van der Waals surface area contributed by atoms with E-state index in [0.717, 1.165) is 0 Å². The highest BCUT2D eigenvalue weighted by Gasteiger charge is 2.09. The van der Waals surface area contributed by atoms with Gasteiger partial charge in [0.2, 0.25) is 11.0 Å². The van der Waals surface area contributed by atoms with Crippen LogP contribution in [-0.4, -0.2) is 21.8 Å². The largest absolute Gasteiger partial charge is 0.330 e. The molecule has 1 aromatic rings. The van der Waals surface area contributed by atoms with E-state index in [2.05, 4.69) is 14.7 Å². The van der Waals surface area contributed by atoms with Crippen LogP contribution in [0.5, 0.6) is 0 Å². The number of amides is 1. The normalized spacial score (nSPS) is 12.5. The Kier molecular flexibility index (Phi) is 3.97. The molecule has 0 bridgehead atoms. The predicted molar refractivity (Wildman–Crippen MR) is 56.1 cm³/mol. The van der Waals surface area contributed by atoms with Crippen LogP contribution in [0.15, 0.2) is 0 Å². The van der Waals surface area contributed by atoms with Crippen LogP contribution in [0.3, 0.4) is 0 Å². The first-order chi connectivity index (χ1) is 6.61. The standard InChI is InChI=1S/C8H14N4OS/c1-5(4-9)3-7(13)11-8-10-6(2)12-14-8/h5H,3-4,9H2,1-2H3,(H,10,11,12,13). The minimum absolute atomic E-state index is 0.0564. The summed E-state index contributed by atoms with van der Waals surface area (Å²) in [6, 6.07) is 0. The van der Waals surface area contributed by atoms with E-state index in [0.29, 0.717) is 23.9 Å². The molecule has 1 aromatic heterocycles. The molecule has 6 heteroatoms. The first-order valence-electron chi connectivity index (χ1n) is 4.42. The molecular weight excluding hydrogens is 200 g/mol. The zero-order valence-electron chi connectivity index (χ0n) is 8.28. The van der Waals surface area contributed by atoms with Crippen molar-refractivity contribution < 1.29 is 4.79 Å². The smallest absolute Gasteiger partial charge is 0.226 e. The van der Waals surface area contributed by atoms with Gasteiger partial charge < -0.3 is 11.1 Å². The molecular formula is C8H14N4OS. The summed E-state index contributed by atoms with van der Waals surface area (Å²) < 4.78 is 3.96. The molecule has 5 nitrogen and oxygen atoms in total. The highest BCUT2D eigenvalue weighted by atomic mass is 32.1. The number of nitrogens with one attached hydrogen (secondary N) is 1. The minimum Gasteiger partial charge on any atom is -0.330 e. The topological polar surface area (TPSA) is 80.9 Å². The van der Waals surface area contributed by atoms with E-state index in [1.807, 2.05) is 6.92 Å². The van der Waals surface area contributed by atoms with E-state index in [-0.39, 0.29) is 11.8 Å². The van der Waals surface area contributed by atoms with Crippen LogP contribution < -0.4 is 11.1 Å². The molecule has 0 spiro atoms. The molecule has 78 valence electrons. The third-order valence-electron chi connectivity index (χ3n) is 1.71. The van der Waals surface area contributed by atoms with Crippen LogP contribution in [0.4, 0.5) is 5.13 Å². The van der Waals surface area contributed by atoms with Crippen LogP contribution >= 0.6 is 11.5 Å². The van der Waals surface area contributed by atoms with Gasteiger partial charge in [-0.05, 0) is 19.4 Å². The summed E-state index contributed by atoms with van der Waals surface area (Å²) in [5.41, 5.74) is 5.41. The second-order valence-corrected chi connectivity index (χ2v) is 3.99. The van der Waals surface area contributed by atoms with Crippen molar-refractivity contribution in [3.05, 3.63) is 5.82 Å². The van der Waals surface area contributed by atoms with Gasteiger partial charge in [-0.2, -0.15) is 4.37 Å². The van der Waals surface area contributed by atoms with E-state index in [9.17, 15) is 4.79 Å². The SMILES string of the molecule is Cc1nsc(NC(=O)CC(C)CN)n1. The molecule has 1 unspecified atom stereocenters. The summed E-state index contributed by atoms with van der Waals surface area (Å²) in [4.78, 5) is 15.4. The molecule has 0 aliphatic heterocycles. The zero-order chi connectivity index (χ0) is 10.6. The monoisotopic (exact) mass is 214 g/mol. The molecule has 0 aliphatic carbocycles. The number of aryl methyl sites for hydroxylation is 1. The van der Waals surface area contributed by atoms with Gasteiger partial charge in [-0.3, -0.25) is 4.79 Å². The van der Waals surface area contributed by atoms with Crippen molar-refractivity contribution in [2.75, 3.05) is 11.9 Å². The van der Waals surface area contributed by atoms with Crippen molar-refractivity contribution in [2.24, 2.45) is 11.7 Å². The van der Waals surface area contributed by atoms with Crippen LogP contribution in [-0.2, 0) is 4.79 Å². The van der Waals surface area contributed by atoms with Crippen molar-refractivity contribution in [1.29, 1.82) is 0 Å². The van der Waals surface area contributed by atoms with Crippen LogP contribution in [0.1, 0.15) is 19.2 Å². The maximum atomic E-state index is 11.4. The summed E-state index contributed by atoms with van der Waals surface area (Å²) in [5.74, 6) is 0.820. The van der Waals surface area contributed by atoms with Gasteiger partial charge in [0.25, 0.3) is 0 Å². The van der Waals surface area contributed by atoms with Crippen LogP contribution in [0.25, 0.3) is 0 Å². The Labute approximate surface area is 86.9 Å². The lowest BCUT2D eigenvalue weighted by atomic mass is 10.1. The van der Waals surface area contributed by atoms with Crippen molar-refractivity contribution in [3.63, 3.8) is 0 Å². The maximum absolute atomic E-state index is 11.4. The molecule has 0 aliphatic rings. The lowest BCUT2D eigenvalue weighted by Gasteiger charge is -2.06. The van der Waals surface area contributed by atoms with Gasteiger partial charge in [-0.1, -0.05) is 6.92 Å². The number of nitrogens with zero attached hydrogens (tertiary/aromatic N) is 2. The number of hydrogen-bond donors (Lipinski definition) is 2. The molecule has 1 rings (SSSR count). The first-order valence-corrected chi connectivity index (χ1v) is 5.19. The van der Waals surface area contributed by atoms with Crippen molar-refractivity contribution in [1.82, 2.24) is 9.36 Å². The quantitative estimate of drug-likeness (QED) is 0.775.